The minimum atomic E-state index is -0.604. The first-order valence-corrected chi connectivity index (χ1v) is 7.53. The molecule has 1 saturated heterocycles. The third-order valence-electron chi connectivity index (χ3n) is 4.81. The third-order valence-corrected chi connectivity index (χ3v) is 4.81. The van der Waals surface area contributed by atoms with Crippen LogP contribution < -0.4 is 4.74 Å². The molecule has 1 aliphatic heterocycles. The van der Waals surface area contributed by atoms with Crippen LogP contribution in [0.3, 0.4) is 0 Å². The molecule has 0 spiro atoms. The van der Waals surface area contributed by atoms with E-state index < -0.39 is 6.10 Å². The maximum Gasteiger partial charge on any atom is 0.162 e. The van der Waals surface area contributed by atoms with Gasteiger partial charge < -0.3 is 9.84 Å². The molecule has 0 aliphatic carbocycles. The summed E-state index contributed by atoms with van der Waals surface area (Å²) >= 11 is 0. The number of rotatable bonds is 5. The average Bonchev–Trinajstić information content (AvgIpc) is 2.87. The van der Waals surface area contributed by atoms with Gasteiger partial charge in [0.15, 0.2) is 5.75 Å². The molecule has 0 amide bonds. The van der Waals surface area contributed by atoms with Crippen LogP contribution >= 0.6 is 0 Å². The average molecular weight is 281 g/mol. The number of aliphatic hydroxyl groups excluding tert-OH is 1. The smallest absolute Gasteiger partial charge is 0.162 e. The monoisotopic (exact) mass is 281 g/mol. The second kappa shape index (κ2) is 6.14. The van der Waals surface area contributed by atoms with E-state index in [1.165, 1.54) is 19.3 Å². The van der Waals surface area contributed by atoms with Crippen molar-refractivity contribution < 1.29 is 9.84 Å². The Balaban J connectivity index is 2.31. The summed E-state index contributed by atoms with van der Waals surface area (Å²) in [6.07, 6.45) is 5.68. The maximum absolute atomic E-state index is 11.0. The van der Waals surface area contributed by atoms with Crippen LogP contribution in [0, 0.1) is 0 Å². The molecule has 2 heterocycles. The Morgan fingerprint density at radius 3 is 2.60 bits per heavy atom. The Labute approximate surface area is 121 Å². The molecule has 0 saturated carbocycles. The van der Waals surface area contributed by atoms with Crippen molar-refractivity contribution in [3.8, 4) is 5.75 Å². The minimum absolute atomic E-state index is 0.276. The van der Waals surface area contributed by atoms with Crippen LogP contribution in [-0.4, -0.2) is 45.5 Å². The second-order valence-corrected chi connectivity index (χ2v) is 5.88. The van der Waals surface area contributed by atoms with E-state index in [2.05, 4.69) is 23.8 Å². The number of hydrogen-bond acceptors (Lipinski definition) is 4. The molecule has 1 N–H and O–H groups in total. The number of hydrogen-bond donors (Lipinski definition) is 1. The van der Waals surface area contributed by atoms with Gasteiger partial charge in [0.1, 0.15) is 11.8 Å². The Bertz CT molecular complexity index is 440. The Morgan fingerprint density at radius 1 is 1.40 bits per heavy atom. The summed E-state index contributed by atoms with van der Waals surface area (Å²) in [7, 11) is 3.48. The summed E-state index contributed by atoms with van der Waals surface area (Å²) in [5.41, 5.74) is 0.490. The summed E-state index contributed by atoms with van der Waals surface area (Å²) in [4.78, 5) is 2.42. The maximum atomic E-state index is 11.0. The Morgan fingerprint density at radius 2 is 2.05 bits per heavy atom. The van der Waals surface area contributed by atoms with Gasteiger partial charge in [-0.15, -0.1) is 0 Å². The fourth-order valence-electron chi connectivity index (χ4n) is 3.19. The van der Waals surface area contributed by atoms with Crippen molar-refractivity contribution in [3.05, 3.63) is 11.9 Å². The van der Waals surface area contributed by atoms with Crippen molar-refractivity contribution in [3.63, 3.8) is 0 Å². The van der Waals surface area contributed by atoms with Crippen LogP contribution in [0.15, 0.2) is 6.20 Å². The largest absolute Gasteiger partial charge is 0.493 e. The highest BCUT2D eigenvalue weighted by Crippen LogP contribution is 2.39. The lowest BCUT2D eigenvalue weighted by molar-refractivity contribution is -0.0397. The SMILES string of the molecule is CCC(C)(C(O)c1c(OC)cnn1C)N1CCCCC1. The van der Waals surface area contributed by atoms with Crippen LogP contribution in [0.5, 0.6) is 5.75 Å². The molecule has 0 radical (unpaired) electrons. The van der Waals surface area contributed by atoms with E-state index in [0.29, 0.717) is 5.75 Å². The number of likely N-dealkylation sites (tertiary alicyclic amines) is 1. The van der Waals surface area contributed by atoms with Crippen LogP contribution in [0.1, 0.15) is 51.3 Å². The number of aliphatic hydroxyl groups is 1. The van der Waals surface area contributed by atoms with Gasteiger partial charge in [-0.3, -0.25) is 9.58 Å². The van der Waals surface area contributed by atoms with Crippen molar-refractivity contribution >= 4 is 0 Å². The zero-order valence-electron chi connectivity index (χ0n) is 13.1. The minimum Gasteiger partial charge on any atom is -0.493 e. The fourth-order valence-corrected chi connectivity index (χ4v) is 3.19. The number of piperidine rings is 1. The predicted octanol–water partition coefficient (Wildman–Crippen LogP) is 2.12. The molecular weight excluding hydrogens is 254 g/mol. The lowest BCUT2D eigenvalue weighted by atomic mass is 9.85. The van der Waals surface area contributed by atoms with E-state index in [-0.39, 0.29) is 5.54 Å². The zero-order valence-corrected chi connectivity index (χ0v) is 13.1. The first kappa shape index (κ1) is 15.3. The molecule has 1 aromatic rings. The van der Waals surface area contributed by atoms with Gasteiger partial charge in [0.25, 0.3) is 0 Å². The summed E-state index contributed by atoms with van der Waals surface area (Å²) in [6.45, 7) is 6.40. The molecule has 5 heteroatoms. The molecule has 2 rings (SSSR count). The molecule has 20 heavy (non-hydrogen) atoms. The van der Waals surface area contributed by atoms with E-state index in [1.807, 2.05) is 7.05 Å². The van der Waals surface area contributed by atoms with Crippen molar-refractivity contribution in [1.29, 1.82) is 0 Å². The highest BCUT2D eigenvalue weighted by atomic mass is 16.5. The quantitative estimate of drug-likeness (QED) is 0.898. The molecule has 114 valence electrons. The molecule has 1 aromatic heterocycles. The van der Waals surface area contributed by atoms with Gasteiger partial charge in [0, 0.05) is 12.6 Å². The molecule has 1 aliphatic rings. The summed E-state index contributed by atoms with van der Waals surface area (Å²) in [5, 5.41) is 15.2. The molecule has 0 aromatic carbocycles. The van der Waals surface area contributed by atoms with Crippen molar-refractivity contribution in [1.82, 2.24) is 14.7 Å². The Kier molecular flexibility index (Phi) is 4.70. The van der Waals surface area contributed by atoms with Gasteiger partial charge in [-0.05, 0) is 39.3 Å². The van der Waals surface area contributed by atoms with Gasteiger partial charge in [0.05, 0.1) is 13.3 Å². The van der Waals surface area contributed by atoms with Gasteiger partial charge in [-0.1, -0.05) is 13.3 Å². The number of ether oxygens (including phenoxy) is 1. The standard InChI is InChI=1S/C15H27N3O2/c1-5-15(2,18-9-7-6-8-10-18)14(19)13-12(20-4)11-16-17(13)3/h11,14,19H,5-10H2,1-4H3. The zero-order chi connectivity index (χ0) is 14.8. The molecule has 2 atom stereocenters. The third kappa shape index (κ3) is 2.56. The predicted molar refractivity (Wildman–Crippen MR) is 78.8 cm³/mol. The van der Waals surface area contributed by atoms with Crippen LogP contribution in [0.4, 0.5) is 0 Å². The second-order valence-electron chi connectivity index (χ2n) is 5.88. The first-order chi connectivity index (χ1) is 9.54. The van der Waals surface area contributed by atoms with Gasteiger partial charge >= 0.3 is 0 Å². The van der Waals surface area contributed by atoms with E-state index in [1.54, 1.807) is 18.0 Å². The molecular formula is C15H27N3O2. The molecule has 0 bridgehead atoms. The number of methoxy groups -OCH3 is 1. The molecule has 2 unspecified atom stereocenters. The van der Waals surface area contributed by atoms with Crippen molar-refractivity contribution in [2.24, 2.45) is 7.05 Å². The molecule has 1 fully saturated rings. The van der Waals surface area contributed by atoms with Crippen molar-refractivity contribution in [2.75, 3.05) is 20.2 Å². The lowest BCUT2D eigenvalue weighted by Gasteiger charge is -2.46. The van der Waals surface area contributed by atoms with Crippen LogP contribution in [0.2, 0.25) is 0 Å². The number of aromatic nitrogens is 2. The van der Waals surface area contributed by atoms with Crippen molar-refractivity contribution in [2.45, 2.75) is 51.2 Å². The highest BCUT2D eigenvalue weighted by molar-refractivity contribution is 5.29. The lowest BCUT2D eigenvalue weighted by Crippen LogP contribution is -2.52. The fraction of sp³-hybridized carbons (Fsp3) is 0.800. The molecule has 5 nitrogen and oxygen atoms in total. The van der Waals surface area contributed by atoms with Gasteiger partial charge in [0.2, 0.25) is 0 Å². The van der Waals surface area contributed by atoms with E-state index in [9.17, 15) is 5.11 Å². The van der Waals surface area contributed by atoms with Gasteiger partial charge in [-0.2, -0.15) is 5.10 Å². The van der Waals surface area contributed by atoms with E-state index in [0.717, 1.165) is 25.2 Å². The Hall–Kier alpha value is -1.07. The van der Waals surface area contributed by atoms with Crippen LogP contribution in [-0.2, 0) is 7.05 Å². The number of aryl methyl sites for hydroxylation is 1. The summed E-state index contributed by atoms with van der Waals surface area (Å²) in [5.74, 6) is 0.664. The summed E-state index contributed by atoms with van der Waals surface area (Å²) < 4.78 is 7.08. The first-order valence-electron chi connectivity index (χ1n) is 7.53. The number of nitrogens with zero attached hydrogens (tertiary/aromatic N) is 3. The van der Waals surface area contributed by atoms with E-state index >= 15 is 0 Å². The summed E-state index contributed by atoms with van der Waals surface area (Å²) in [6, 6.07) is 0. The normalized spacial score (nSPS) is 21.4. The van der Waals surface area contributed by atoms with Gasteiger partial charge in [-0.25, -0.2) is 0 Å². The van der Waals surface area contributed by atoms with Crippen LogP contribution in [0.25, 0.3) is 0 Å². The van der Waals surface area contributed by atoms with E-state index in [4.69, 9.17) is 4.74 Å². The highest BCUT2D eigenvalue weighted by Gasteiger charge is 2.41. The topological polar surface area (TPSA) is 50.5 Å².